The number of carbonyl (C=O) groups is 2. The molecule has 0 aromatic carbocycles. The molecule has 0 saturated carbocycles. The minimum atomic E-state index is -0.938. The minimum absolute atomic E-state index is 0.122. The van der Waals surface area contributed by atoms with Gasteiger partial charge in [0.25, 0.3) is 5.91 Å². The van der Waals surface area contributed by atoms with Crippen molar-refractivity contribution in [1.82, 2.24) is 9.88 Å². The van der Waals surface area contributed by atoms with Crippen LogP contribution in [0, 0.1) is 12.8 Å². The number of carboxylic acid groups (broad SMARTS) is 1. The number of rotatable bonds is 10. The fourth-order valence-corrected chi connectivity index (χ4v) is 2.21. The smallest absolute Gasteiger partial charge is 0.308 e. The van der Waals surface area contributed by atoms with Crippen LogP contribution < -0.4 is 4.74 Å². The number of aryl methyl sites for hydroxylation is 1. The lowest BCUT2D eigenvalue weighted by Crippen LogP contribution is -2.38. The number of hydrogen-bond donors (Lipinski definition) is 1. The number of amides is 1. The van der Waals surface area contributed by atoms with Crippen molar-refractivity contribution in [2.24, 2.45) is 5.92 Å². The molecule has 0 spiro atoms. The van der Waals surface area contributed by atoms with Gasteiger partial charge in [-0.25, -0.2) is 4.98 Å². The summed E-state index contributed by atoms with van der Waals surface area (Å²) >= 11 is 0. The lowest BCUT2D eigenvalue weighted by atomic mass is 10.1. The molecular formula is C17H26N2O5. The van der Waals surface area contributed by atoms with Crippen LogP contribution in [0.5, 0.6) is 5.88 Å². The van der Waals surface area contributed by atoms with Crippen LogP contribution >= 0.6 is 0 Å². The van der Waals surface area contributed by atoms with Crippen LogP contribution in [0.3, 0.4) is 0 Å². The first-order valence-corrected chi connectivity index (χ1v) is 8.02. The van der Waals surface area contributed by atoms with Gasteiger partial charge in [0, 0.05) is 32.0 Å². The van der Waals surface area contributed by atoms with E-state index in [2.05, 4.69) is 4.98 Å². The molecule has 1 aromatic heterocycles. The molecule has 134 valence electrons. The van der Waals surface area contributed by atoms with E-state index in [1.807, 2.05) is 13.8 Å². The van der Waals surface area contributed by atoms with Crippen LogP contribution in [0.15, 0.2) is 12.1 Å². The molecule has 0 aliphatic heterocycles. The second-order valence-electron chi connectivity index (χ2n) is 5.55. The number of pyridine rings is 1. The summed E-state index contributed by atoms with van der Waals surface area (Å²) in [6, 6.07) is 3.39. The fraction of sp³-hybridized carbons (Fsp3) is 0.588. The first kappa shape index (κ1) is 19.9. The molecule has 24 heavy (non-hydrogen) atoms. The molecule has 1 aromatic rings. The molecule has 1 heterocycles. The van der Waals surface area contributed by atoms with E-state index in [0.717, 1.165) is 5.69 Å². The molecule has 0 bridgehead atoms. The predicted octanol–water partition coefficient (Wildman–Crippen LogP) is 1.99. The summed E-state index contributed by atoms with van der Waals surface area (Å²) < 4.78 is 10.5. The van der Waals surface area contributed by atoms with E-state index in [0.29, 0.717) is 31.7 Å². The van der Waals surface area contributed by atoms with Gasteiger partial charge in [-0.05, 0) is 32.4 Å². The summed E-state index contributed by atoms with van der Waals surface area (Å²) in [5.74, 6) is -1.64. The Morgan fingerprint density at radius 2 is 2.08 bits per heavy atom. The van der Waals surface area contributed by atoms with Crippen molar-refractivity contribution in [2.45, 2.75) is 27.2 Å². The highest BCUT2D eigenvalue weighted by atomic mass is 16.5. The molecule has 0 saturated heterocycles. The fourth-order valence-electron chi connectivity index (χ4n) is 2.21. The number of carboxylic acids is 1. The van der Waals surface area contributed by atoms with Gasteiger partial charge in [0.05, 0.1) is 13.0 Å². The van der Waals surface area contributed by atoms with Gasteiger partial charge in [0.2, 0.25) is 5.88 Å². The highest BCUT2D eigenvalue weighted by molar-refractivity contribution is 5.96. The highest BCUT2D eigenvalue weighted by Crippen LogP contribution is 2.19. The largest absolute Gasteiger partial charge is 0.481 e. The minimum Gasteiger partial charge on any atom is -0.481 e. The number of hydrogen-bond acceptors (Lipinski definition) is 5. The van der Waals surface area contributed by atoms with Gasteiger partial charge < -0.3 is 19.5 Å². The quantitative estimate of drug-likeness (QED) is 0.656. The molecule has 1 atom stereocenters. The first-order chi connectivity index (χ1) is 11.4. The SMILES string of the molecule is CCOCCCN(CC(C)C(=O)O)C(=O)c1ccc(C)nc1OC. The normalized spacial score (nSPS) is 11.8. The summed E-state index contributed by atoms with van der Waals surface area (Å²) in [5.41, 5.74) is 1.07. The summed E-state index contributed by atoms with van der Waals surface area (Å²) in [5, 5.41) is 9.13. The van der Waals surface area contributed by atoms with E-state index in [1.165, 1.54) is 12.0 Å². The molecule has 0 radical (unpaired) electrons. The zero-order valence-electron chi connectivity index (χ0n) is 14.7. The van der Waals surface area contributed by atoms with Crippen LogP contribution in [0.25, 0.3) is 0 Å². The van der Waals surface area contributed by atoms with E-state index < -0.39 is 11.9 Å². The molecule has 1 rings (SSSR count). The molecule has 0 aliphatic carbocycles. The molecule has 1 N–H and O–H groups in total. The van der Waals surface area contributed by atoms with E-state index in [4.69, 9.17) is 14.6 Å². The third-order valence-corrected chi connectivity index (χ3v) is 3.55. The molecule has 7 heteroatoms. The Hall–Kier alpha value is -2.15. The first-order valence-electron chi connectivity index (χ1n) is 8.02. The summed E-state index contributed by atoms with van der Waals surface area (Å²) in [6.45, 7) is 6.95. The van der Waals surface area contributed by atoms with Crippen LogP contribution in [0.1, 0.15) is 36.3 Å². The average molecular weight is 338 g/mol. The van der Waals surface area contributed by atoms with Gasteiger partial charge in [0.15, 0.2) is 0 Å². The standard InChI is InChI=1S/C17H26N2O5/c1-5-24-10-6-9-19(11-12(2)17(21)22)16(20)14-8-7-13(3)18-15(14)23-4/h7-8,12H,5-6,9-11H2,1-4H3,(H,21,22). The lowest BCUT2D eigenvalue weighted by molar-refractivity contribution is -0.141. The molecule has 7 nitrogen and oxygen atoms in total. The van der Waals surface area contributed by atoms with E-state index in [-0.39, 0.29) is 18.3 Å². The maximum absolute atomic E-state index is 12.8. The van der Waals surface area contributed by atoms with Crippen molar-refractivity contribution in [3.05, 3.63) is 23.4 Å². The second kappa shape index (κ2) is 9.87. The molecule has 1 amide bonds. The zero-order valence-corrected chi connectivity index (χ0v) is 14.7. The van der Waals surface area contributed by atoms with Gasteiger partial charge in [-0.3, -0.25) is 9.59 Å². The molecule has 1 unspecified atom stereocenters. The Kier molecular flexibility index (Phi) is 8.18. The van der Waals surface area contributed by atoms with Crippen molar-refractivity contribution in [3.63, 3.8) is 0 Å². The van der Waals surface area contributed by atoms with E-state index in [1.54, 1.807) is 19.1 Å². The van der Waals surface area contributed by atoms with Crippen molar-refractivity contribution in [1.29, 1.82) is 0 Å². The van der Waals surface area contributed by atoms with Crippen molar-refractivity contribution in [3.8, 4) is 5.88 Å². The Morgan fingerprint density at radius 3 is 2.67 bits per heavy atom. The number of aliphatic carboxylic acids is 1. The Morgan fingerprint density at radius 1 is 1.38 bits per heavy atom. The average Bonchev–Trinajstić information content (AvgIpc) is 2.56. The highest BCUT2D eigenvalue weighted by Gasteiger charge is 2.24. The summed E-state index contributed by atoms with van der Waals surface area (Å²) in [4.78, 5) is 29.7. The van der Waals surface area contributed by atoms with Crippen molar-refractivity contribution >= 4 is 11.9 Å². The maximum Gasteiger partial charge on any atom is 0.308 e. The van der Waals surface area contributed by atoms with Gasteiger partial charge in [-0.2, -0.15) is 0 Å². The number of carbonyl (C=O) groups excluding carboxylic acids is 1. The Balaban J connectivity index is 2.94. The lowest BCUT2D eigenvalue weighted by Gasteiger charge is -2.25. The summed E-state index contributed by atoms with van der Waals surface area (Å²) in [6.07, 6.45) is 0.632. The Bertz CT molecular complexity index is 562. The van der Waals surface area contributed by atoms with E-state index >= 15 is 0 Å². The van der Waals surface area contributed by atoms with Crippen molar-refractivity contribution in [2.75, 3.05) is 33.4 Å². The van der Waals surface area contributed by atoms with Crippen LogP contribution in [-0.4, -0.2) is 60.3 Å². The van der Waals surface area contributed by atoms with Gasteiger partial charge in [-0.15, -0.1) is 0 Å². The second-order valence-corrected chi connectivity index (χ2v) is 5.55. The number of ether oxygens (including phenoxy) is 2. The van der Waals surface area contributed by atoms with Crippen molar-refractivity contribution < 1.29 is 24.2 Å². The number of methoxy groups -OCH3 is 1. The zero-order chi connectivity index (χ0) is 18.1. The van der Waals surface area contributed by atoms with Gasteiger partial charge in [0.1, 0.15) is 5.56 Å². The Labute approximate surface area is 142 Å². The van der Waals surface area contributed by atoms with Gasteiger partial charge >= 0.3 is 5.97 Å². The molecule has 0 aliphatic rings. The van der Waals surface area contributed by atoms with Crippen LogP contribution in [0.2, 0.25) is 0 Å². The van der Waals surface area contributed by atoms with Crippen LogP contribution in [0.4, 0.5) is 0 Å². The number of aromatic nitrogens is 1. The van der Waals surface area contributed by atoms with Crippen LogP contribution in [-0.2, 0) is 9.53 Å². The third-order valence-electron chi connectivity index (χ3n) is 3.55. The molecular weight excluding hydrogens is 312 g/mol. The monoisotopic (exact) mass is 338 g/mol. The predicted molar refractivity (Wildman–Crippen MR) is 89.3 cm³/mol. The number of nitrogens with zero attached hydrogens (tertiary/aromatic N) is 2. The topological polar surface area (TPSA) is 89.0 Å². The third kappa shape index (κ3) is 5.81. The maximum atomic E-state index is 12.8. The summed E-state index contributed by atoms with van der Waals surface area (Å²) in [7, 11) is 1.46. The molecule has 0 fully saturated rings. The van der Waals surface area contributed by atoms with E-state index in [9.17, 15) is 9.59 Å². The van der Waals surface area contributed by atoms with Gasteiger partial charge in [-0.1, -0.05) is 6.92 Å².